The minimum atomic E-state index is 0.0297. The SMILES string of the molecule is CC(C)CNC(=O)C1CCN(C(=O)C2CCN(c3ccc(C#N)cn3)CC2)CC1. The topological polar surface area (TPSA) is 89.3 Å². The molecule has 0 unspecified atom stereocenters. The molecule has 2 aliphatic rings. The Morgan fingerprint density at radius 1 is 1.14 bits per heavy atom. The van der Waals surface area contributed by atoms with Crippen LogP contribution in [0, 0.1) is 29.1 Å². The van der Waals surface area contributed by atoms with E-state index in [-0.39, 0.29) is 23.7 Å². The molecule has 2 saturated heterocycles. The lowest BCUT2D eigenvalue weighted by molar-refractivity contribution is -0.139. The second-order valence-electron chi connectivity index (χ2n) is 8.52. The van der Waals surface area contributed by atoms with Crippen LogP contribution in [0.3, 0.4) is 0 Å². The maximum absolute atomic E-state index is 12.9. The quantitative estimate of drug-likeness (QED) is 0.823. The zero-order valence-corrected chi connectivity index (χ0v) is 17.4. The van der Waals surface area contributed by atoms with Gasteiger partial charge in [0.1, 0.15) is 11.9 Å². The molecule has 1 aromatic rings. The number of likely N-dealkylation sites (tertiary alicyclic amines) is 1. The fraction of sp³-hybridized carbons (Fsp3) is 0.636. The van der Waals surface area contributed by atoms with Crippen LogP contribution in [-0.2, 0) is 9.59 Å². The number of amides is 2. The van der Waals surface area contributed by atoms with Crippen molar-refractivity contribution in [1.82, 2.24) is 15.2 Å². The van der Waals surface area contributed by atoms with Crippen molar-refractivity contribution < 1.29 is 9.59 Å². The Labute approximate surface area is 173 Å². The summed E-state index contributed by atoms with van der Waals surface area (Å²) in [6.45, 7) is 7.83. The summed E-state index contributed by atoms with van der Waals surface area (Å²) in [7, 11) is 0. The van der Waals surface area contributed by atoms with Gasteiger partial charge in [0.2, 0.25) is 11.8 Å². The predicted octanol–water partition coefficient (Wildman–Crippen LogP) is 2.18. The number of nitrogens with one attached hydrogen (secondary N) is 1. The van der Waals surface area contributed by atoms with Gasteiger partial charge in [0.05, 0.1) is 5.56 Å². The zero-order valence-electron chi connectivity index (χ0n) is 17.4. The number of piperidine rings is 2. The molecule has 0 spiro atoms. The van der Waals surface area contributed by atoms with Crippen LogP contribution in [-0.4, -0.2) is 54.4 Å². The van der Waals surface area contributed by atoms with E-state index in [1.165, 1.54) is 0 Å². The van der Waals surface area contributed by atoms with E-state index in [4.69, 9.17) is 5.26 Å². The number of carbonyl (C=O) groups excluding carboxylic acids is 2. The minimum absolute atomic E-state index is 0.0297. The van der Waals surface area contributed by atoms with Gasteiger partial charge >= 0.3 is 0 Å². The minimum Gasteiger partial charge on any atom is -0.357 e. The number of rotatable bonds is 5. The Morgan fingerprint density at radius 3 is 2.34 bits per heavy atom. The van der Waals surface area contributed by atoms with Crippen LogP contribution in [0.5, 0.6) is 0 Å². The van der Waals surface area contributed by atoms with Gasteiger partial charge in [0.15, 0.2) is 0 Å². The number of hydrogen-bond acceptors (Lipinski definition) is 5. The molecule has 2 amide bonds. The van der Waals surface area contributed by atoms with Crippen LogP contribution < -0.4 is 10.2 Å². The summed E-state index contributed by atoms with van der Waals surface area (Å²) in [6.07, 6.45) is 4.73. The molecule has 0 radical (unpaired) electrons. The average Bonchev–Trinajstić information content (AvgIpc) is 2.77. The van der Waals surface area contributed by atoms with E-state index in [0.29, 0.717) is 31.1 Å². The van der Waals surface area contributed by atoms with Gasteiger partial charge in [0.25, 0.3) is 0 Å². The van der Waals surface area contributed by atoms with Crippen LogP contribution in [0.1, 0.15) is 45.1 Å². The second kappa shape index (κ2) is 9.73. The van der Waals surface area contributed by atoms with Gasteiger partial charge in [0, 0.05) is 50.8 Å². The molecule has 156 valence electrons. The van der Waals surface area contributed by atoms with Gasteiger partial charge in [-0.15, -0.1) is 0 Å². The van der Waals surface area contributed by atoms with E-state index in [1.807, 2.05) is 11.0 Å². The van der Waals surface area contributed by atoms with Crippen molar-refractivity contribution in [3.8, 4) is 6.07 Å². The Hall–Kier alpha value is -2.62. The molecule has 7 heteroatoms. The van der Waals surface area contributed by atoms with Gasteiger partial charge in [-0.3, -0.25) is 9.59 Å². The van der Waals surface area contributed by atoms with Crippen LogP contribution in [0.4, 0.5) is 5.82 Å². The lowest BCUT2D eigenvalue weighted by Crippen LogP contribution is -2.47. The number of aromatic nitrogens is 1. The van der Waals surface area contributed by atoms with E-state index in [0.717, 1.165) is 44.6 Å². The van der Waals surface area contributed by atoms with Crippen molar-refractivity contribution in [1.29, 1.82) is 5.26 Å². The number of carbonyl (C=O) groups is 2. The molecule has 0 aromatic carbocycles. The fourth-order valence-corrected chi connectivity index (χ4v) is 4.06. The highest BCUT2D eigenvalue weighted by Crippen LogP contribution is 2.26. The van der Waals surface area contributed by atoms with Gasteiger partial charge in [-0.1, -0.05) is 13.8 Å². The standard InChI is InChI=1S/C22H31N5O2/c1-16(2)14-25-21(28)18-5-11-27(12-6-18)22(29)19-7-9-26(10-8-19)20-4-3-17(13-23)15-24-20/h3-4,15-16,18-19H,5-12,14H2,1-2H3,(H,25,28). The lowest BCUT2D eigenvalue weighted by Gasteiger charge is -2.37. The smallest absolute Gasteiger partial charge is 0.225 e. The third kappa shape index (κ3) is 5.47. The highest BCUT2D eigenvalue weighted by molar-refractivity contribution is 5.81. The van der Waals surface area contributed by atoms with Crippen LogP contribution in [0.2, 0.25) is 0 Å². The van der Waals surface area contributed by atoms with Crippen molar-refractivity contribution in [2.24, 2.45) is 17.8 Å². The van der Waals surface area contributed by atoms with E-state index in [9.17, 15) is 9.59 Å². The zero-order chi connectivity index (χ0) is 20.8. The molecule has 0 bridgehead atoms. The molecule has 0 aliphatic carbocycles. The normalized spacial score (nSPS) is 18.6. The first kappa shape index (κ1) is 21.1. The summed E-state index contributed by atoms with van der Waals surface area (Å²) in [4.78, 5) is 33.7. The molecule has 0 atom stereocenters. The Balaban J connectivity index is 1.44. The molecule has 2 aliphatic heterocycles. The van der Waals surface area contributed by atoms with Crippen LogP contribution in [0.25, 0.3) is 0 Å². The van der Waals surface area contributed by atoms with Crippen LogP contribution >= 0.6 is 0 Å². The molecular weight excluding hydrogens is 366 g/mol. The number of nitrogens with zero attached hydrogens (tertiary/aromatic N) is 4. The first-order chi connectivity index (χ1) is 14.0. The maximum atomic E-state index is 12.9. The van der Waals surface area contributed by atoms with Gasteiger partial charge in [-0.25, -0.2) is 4.98 Å². The average molecular weight is 398 g/mol. The van der Waals surface area contributed by atoms with Crippen molar-refractivity contribution in [3.05, 3.63) is 23.9 Å². The highest BCUT2D eigenvalue weighted by Gasteiger charge is 2.32. The first-order valence-corrected chi connectivity index (χ1v) is 10.7. The molecule has 7 nitrogen and oxygen atoms in total. The summed E-state index contributed by atoms with van der Waals surface area (Å²) < 4.78 is 0. The van der Waals surface area contributed by atoms with Gasteiger partial charge in [-0.05, 0) is 43.7 Å². The first-order valence-electron chi connectivity index (χ1n) is 10.7. The van der Waals surface area contributed by atoms with E-state index < -0.39 is 0 Å². The van der Waals surface area contributed by atoms with E-state index >= 15 is 0 Å². The number of anilines is 1. The summed E-state index contributed by atoms with van der Waals surface area (Å²) >= 11 is 0. The Bertz CT molecular complexity index is 739. The highest BCUT2D eigenvalue weighted by atomic mass is 16.2. The summed E-state index contributed by atoms with van der Waals surface area (Å²) in [6, 6.07) is 5.73. The van der Waals surface area contributed by atoms with Crippen molar-refractivity contribution in [2.75, 3.05) is 37.6 Å². The second-order valence-corrected chi connectivity index (χ2v) is 8.52. The Kier molecular flexibility index (Phi) is 7.08. The van der Waals surface area contributed by atoms with Crippen molar-refractivity contribution in [2.45, 2.75) is 39.5 Å². The molecule has 1 aromatic heterocycles. The molecule has 3 rings (SSSR count). The van der Waals surface area contributed by atoms with E-state index in [1.54, 1.807) is 12.3 Å². The van der Waals surface area contributed by atoms with Gasteiger partial charge < -0.3 is 15.1 Å². The molecule has 2 fully saturated rings. The number of hydrogen-bond donors (Lipinski definition) is 1. The number of pyridine rings is 1. The summed E-state index contributed by atoms with van der Waals surface area (Å²) in [5, 5.41) is 11.9. The largest absolute Gasteiger partial charge is 0.357 e. The molecular formula is C22H31N5O2. The predicted molar refractivity (Wildman–Crippen MR) is 111 cm³/mol. The monoisotopic (exact) mass is 397 g/mol. The van der Waals surface area contributed by atoms with Crippen LogP contribution in [0.15, 0.2) is 18.3 Å². The van der Waals surface area contributed by atoms with Gasteiger partial charge in [-0.2, -0.15) is 5.26 Å². The number of nitriles is 1. The third-order valence-electron chi connectivity index (χ3n) is 5.91. The van der Waals surface area contributed by atoms with E-state index in [2.05, 4.69) is 35.1 Å². The molecule has 3 heterocycles. The lowest BCUT2D eigenvalue weighted by atomic mass is 9.91. The van der Waals surface area contributed by atoms with Crippen molar-refractivity contribution in [3.63, 3.8) is 0 Å². The maximum Gasteiger partial charge on any atom is 0.225 e. The summed E-state index contributed by atoms with van der Waals surface area (Å²) in [5.74, 6) is 1.76. The summed E-state index contributed by atoms with van der Waals surface area (Å²) in [5.41, 5.74) is 0.556. The Morgan fingerprint density at radius 2 is 1.79 bits per heavy atom. The molecule has 29 heavy (non-hydrogen) atoms. The fourth-order valence-electron chi connectivity index (χ4n) is 4.06. The third-order valence-corrected chi connectivity index (χ3v) is 5.91. The van der Waals surface area contributed by atoms with Crippen molar-refractivity contribution >= 4 is 17.6 Å². The molecule has 0 saturated carbocycles. The molecule has 1 N–H and O–H groups in total.